The van der Waals surface area contributed by atoms with Gasteiger partial charge in [0.2, 0.25) is 0 Å². The average Bonchev–Trinajstić information content (AvgIpc) is 2.52. The van der Waals surface area contributed by atoms with Gasteiger partial charge in [0.1, 0.15) is 6.54 Å². The van der Waals surface area contributed by atoms with Crippen molar-refractivity contribution >= 4 is 11.7 Å². The zero-order valence-corrected chi connectivity index (χ0v) is 12.6. The summed E-state index contributed by atoms with van der Waals surface area (Å²) in [5, 5.41) is 10.9. The molecule has 0 N–H and O–H groups in total. The summed E-state index contributed by atoms with van der Waals surface area (Å²) in [4.78, 5) is 33.9. The first kappa shape index (κ1) is 16.4. The van der Waals surface area contributed by atoms with E-state index in [0.29, 0.717) is 6.42 Å². The Hall–Kier alpha value is -2.96. The minimum atomic E-state index is -0.605. The third-order valence-electron chi connectivity index (χ3n) is 3.41. The van der Waals surface area contributed by atoms with E-state index in [-0.39, 0.29) is 24.5 Å². The summed E-state index contributed by atoms with van der Waals surface area (Å²) in [6.07, 6.45) is 0.565. The summed E-state index contributed by atoms with van der Waals surface area (Å²) >= 11 is 0. The maximum absolute atomic E-state index is 11.8. The number of aromatic nitrogens is 1. The number of esters is 1. The third-order valence-corrected chi connectivity index (χ3v) is 3.41. The van der Waals surface area contributed by atoms with Crippen LogP contribution in [0.15, 0.2) is 47.3 Å². The molecule has 0 radical (unpaired) electrons. The summed E-state index contributed by atoms with van der Waals surface area (Å²) < 4.78 is 6.14. The number of nitro groups is 1. The normalized spacial score (nSPS) is 10.3. The van der Waals surface area contributed by atoms with Gasteiger partial charge in [-0.25, -0.2) is 0 Å². The first-order valence-corrected chi connectivity index (χ1v) is 7.03. The Bertz CT molecular complexity index is 768. The minimum absolute atomic E-state index is 0.127. The van der Waals surface area contributed by atoms with E-state index in [1.807, 2.05) is 30.3 Å². The van der Waals surface area contributed by atoms with Crippen LogP contribution in [0.25, 0.3) is 0 Å². The molecule has 1 aromatic carbocycles. The van der Waals surface area contributed by atoms with Gasteiger partial charge in [-0.1, -0.05) is 30.3 Å². The van der Waals surface area contributed by atoms with E-state index in [0.717, 1.165) is 22.3 Å². The van der Waals surface area contributed by atoms with Gasteiger partial charge >= 0.3 is 5.97 Å². The van der Waals surface area contributed by atoms with Crippen molar-refractivity contribution in [2.24, 2.45) is 0 Å². The summed E-state index contributed by atoms with van der Waals surface area (Å²) in [5.74, 6) is -0.605. The van der Waals surface area contributed by atoms with Crippen LogP contribution in [0.1, 0.15) is 11.3 Å². The Balaban J connectivity index is 1.99. The van der Waals surface area contributed by atoms with E-state index in [1.54, 1.807) is 0 Å². The largest absolute Gasteiger partial charge is 0.464 e. The van der Waals surface area contributed by atoms with Crippen LogP contribution in [0.3, 0.4) is 0 Å². The molecule has 0 aliphatic carbocycles. The Labute approximate surface area is 132 Å². The van der Waals surface area contributed by atoms with Crippen molar-refractivity contribution in [1.29, 1.82) is 0 Å². The molecule has 0 unspecified atom stereocenters. The van der Waals surface area contributed by atoms with Gasteiger partial charge in [-0.15, -0.1) is 0 Å². The molecular weight excluding hydrogens is 300 g/mol. The van der Waals surface area contributed by atoms with E-state index in [9.17, 15) is 19.7 Å². The van der Waals surface area contributed by atoms with Crippen molar-refractivity contribution < 1.29 is 14.5 Å². The van der Waals surface area contributed by atoms with E-state index in [2.05, 4.69) is 0 Å². The van der Waals surface area contributed by atoms with Crippen LogP contribution in [-0.2, 0) is 22.5 Å². The zero-order valence-electron chi connectivity index (χ0n) is 12.6. The van der Waals surface area contributed by atoms with E-state index >= 15 is 0 Å². The Kier molecular flexibility index (Phi) is 5.24. The van der Waals surface area contributed by atoms with E-state index < -0.39 is 16.5 Å². The molecule has 23 heavy (non-hydrogen) atoms. The van der Waals surface area contributed by atoms with Gasteiger partial charge in [-0.05, 0) is 12.5 Å². The lowest BCUT2D eigenvalue weighted by atomic mass is 10.2. The number of benzene rings is 1. The Morgan fingerprint density at radius 1 is 1.22 bits per heavy atom. The summed E-state index contributed by atoms with van der Waals surface area (Å²) in [5.41, 5.74) is 0.473. The van der Waals surface area contributed by atoms with Crippen LogP contribution in [0.5, 0.6) is 0 Å². The fourth-order valence-electron chi connectivity index (χ4n) is 2.16. The standard InChI is InChI=1S/C16H16N2O5/c1-12-14(18(21)22)7-8-15(19)17(12)11-16(20)23-10-9-13-5-3-2-4-6-13/h2-8H,9-11H2,1H3. The highest BCUT2D eigenvalue weighted by atomic mass is 16.6. The minimum Gasteiger partial charge on any atom is -0.464 e. The molecule has 0 amide bonds. The number of nitrogens with zero attached hydrogens (tertiary/aromatic N) is 2. The van der Waals surface area contributed by atoms with Gasteiger partial charge in [0.15, 0.2) is 0 Å². The van der Waals surface area contributed by atoms with Crippen molar-refractivity contribution in [3.63, 3.8) is 0 Å². The second kappa shape index (κ2) is 7.35. The molecule has 1 heterocycles. The molecule has 7 heteroatoms. The molecule has 0 bridgehead atoms. The number of carbonyl (C=O) groups is 1. The first-order valence-electron chi connectivity index (χ1n) is 7.03. The maximum atomic E-state index is 11.8. The molecule has 1 aromatic heterocycles. The Morgan fingerprint density at radius 2 is 1.91 bits per heavy atom. The van der Waals surface area contributed by atoms with Crippen molar-refractivity contribution in [3.8, 4) is 0 Å². The van der Waals surface area contributed by atoms with E-state index in [4.69, 9.17) is 4.74 Å². The predicted molar refractivity (Wildman–Crippen MR) is 83.2 cm³/mol. The number of hydrogen-bond acceptors (Lipinski definition) is 5. The molecule has 0 fully saturated rings. The van der Waals surface area contributed by atoms with Crippen LogP contribution < -0.4 is 5.56 Å². The number of pyridine rings is 1. The van der Waals surface area contributed by atoms with Crippen molar-refractivity contribution in [1.82, 2.24) is 4.57 Å². The zero-order chi connectivity index (χ0) is 16.8. The molecule has 2 rings (SSSR count). The second-order valence-corrected chi connectivity index (χ2v) is 4.94. The van der Waals surface area contributed by atoms with Gasteiger partial charge in [-0.3, -0.25) is 24.3 Å². The third kappa shape index (κ3) is 4.26. The summed E-state index contributed by atoms with van der Waals surface area (Å²) in [7, 11) is 0. The fourth-order valence-corrected chi connectivity index (χ4v) is 2.16. The van der Waals surface area contributed by atoms with Gasteiger partial charge in [0.05, 0.1) is 17.2 Å². The smallest absolute Gasteiger partial charge is 0.326 e. The van der Waals surface area contributed by atoms with Crippen molar-refractivity contribution in [2.75, 3.05) is 6.61 Å². The number of hydrogen-bond donors (Lipinski definition) is 0. The molecule has 120 valence electrons. The summed E-state index contributed by atoms with van der Waals surface area (Å²) in [6, 6.07) is 11.7. The monoisotopic (exact) mass is 316 g/mol. The molecule has 0 atom stereocenters. The van der Waals surface area contributed by atoms with Crippen LogP contribution in [-0.4, -0.2) is 22.1 Å². The molecule has 0 spiro atoms. The first-order chi connectivity index (χ1) is 11.0. The lowest BCUT2D eigenvalue weighted by Gasteiger charge is -2.10. The highest BCUT2D eigenvalue weighted by molar-refractivity contribution is 5.69. The molecule has 2 aromatic rings. The van der Waals surface area contributed by atoms with Gasteiger partial charge in [-0.2, -0.15) is 0 Å². The molecule has 7 nitrogen and oxygen atoms in total. The van der Waals surface area contributed by atoms with Crippen LogP contribution in [0.2, 0.25) is 0 Å². The maximum Gasteiger partial charge on any atom is 0.326 e. The van der Waals surface area contributed by atoms with Crippen LogP contribution >= 0.6 is 0 Å². The van der Waals surface area contributed by atoms with Crippen LogP contribution in [0, 0.1) is 17.0 Å². The van der Waals surface area contributed by atoms with Gasteiger partial charge in [0.25, 0.3) is 11.2 Å². The highest BCUT2D eigenvalue weighted by Crippen LogP contribution is 2.14. The summed E-state index contributed by atoms with van der Waals surface area (Å²) in [6.45, 7) is 1.27. The highest BCUT2D eigenvalue weighted by Gasteiger charge is 2.17. The van der Waals surface area contributed by atoms with Gasteiger partial charge < -0.3 is 4.74 Å². The molecule has 0 saturated carbocycles. The topological polar surface area (TPSA) is 91.4 Å². The molecule has 0 saturated heterocycles. The van der Waals surface area contributed by atoms with Crippen molar-refractivity contribution in [2.45, 2.75) is 19.9 Å². The Morgan fingerprint density at radius 3 is 2.57 bits per heavy atom. The number of carbonyl (C=O) groups excluding carboxylic acids is 1. The van der Waals surface area contributed by atoms with Gasteiger partial charge in [0, 0.05) is 18.6 Å². The quantitative estimate of drug-likeness (QED) is 0.461. The predicted octanol–water partition coefficient (Wildman–Crippen LogP) is 1.85. The average molecular weight is 316 g/mol. The number of ether oxygens (including phenoxy) is 1. The van der Waals surface area contributed by atoms with Crippen LogP contribution in [0.4, 0.5) is 5.69 Å². The molecular formula is C16H16N2O5. The molecule has 0 aliphatic rings. The SMILES string of the molecule is Cc1c([N+](=O)[O-])ccc(=O)n1CC(=O)OCCc1ccccc1. The lowest BCUT2D eigenvalue weighted by Crippen LogP contribution is -2.27. The fraction of sp³-hybridized carbons (Fsp3) is 0.250. The number of rotatable bonds is 6. The van der Waals surface area contributed by atoms with Crippen molar-refractivity contribution in [3.05, 3.63) is 74.2 Å². The lowest BCUT2D eigenvalue weighted by molar-refractivity contribution is -0.386. The molecule has 0 aliphatic heterocycles. The van der Waals surface area contributed by atoms with E-state index in [1.165, 1.54) is 6.92 Å². The second-order valence-electron chi connectivity index (χ2n) is 4.94.